The molecule has 0 aromatic rings. The Labute approximate surface area is 81.5 Å². The van der Waals surface area contributed by atoms with Gasteiger partial charge in [0.15, 0.2) is 0 Å². The predicted octanol–water partition coefficient (Wildman–Crippen LogP) is 0.959. The lowest BCUT2D eigenvalue weighted by atomic mass is 10.3. The Morgan fingerprint density at radius 1 is 1.14 bits per heavy atom. The van der Waals surface area contributed by atoms with Gasteiger partial charge >= 0.3 is 12.1 Å². The Bertz CT molecular complexity index is 192. The zero-order valence-electron chi connectivity index (χ0n) is 8.56. The molecule has 0 radical (unpaired) electrons. The smallest absolute Gasteiger partial charge is 0.338 e. The highest BCUT2D eigenvalue weighted by Crippen LogP contribution is 2.17. The summed E-state index contributed by atoms with van der Waals surface area (Å²) < 4.78 is 35.7. The normalized spacial score (nSPS) is 11.9. The summed E-state index contributed by atoms with van der Waals surface area (Å²) in [7, 11) is 4.81. The van der Waals surface area contributed by atoms with Gasteiger partial charge in [0.1, 0.15) is 0 Å². The van der Waals surface area contributed by atoms with E-state index in [-0.39, 0.29) is 6.54 Å². The van der Waals surface area contributed by atoms with Crippen LogP contribution in [0.4, 0.5) is 13.2 Å². The maximum absolute atomic E-state index is 11.9. The van der Waals surface area contributed by atoms with Gasteiger partial charge in [0, 0.05) is 13.6 Å². The van der Waals surface area contributed by atoms with Crippen molar-refractivity contribution < 1.29 is 18.0 Å². The van der Waals surface area contributed by atoms with Crippen molar-refractivity contribution >= 4 is 5.91 Å². The van der Waals surface area contributed by atoms with Crippen molar-refractivity contribution in [2.75, 3.05) is 34.2 Å². The van der Waals surface area contributed by atoms with E-state index >= 15 is 0 Å². The maximum atomic E-state index is 11.9. The van der Waals surface area contributed by atoms with Gasteiger partial charge in [-0.1, -0.05) is 0 Å². The minimum absolute atomic E-state index is 0.122. The van der Waals surface area contributed by atoms with E-state index in [1.807, 2.05) is 19.0 Å². The number of carbonyl (C=O) groups is 1. The van der Waals surface area contributed by atoms with Crippen LogP contribution in [-0.2, 0) is 4.79 Å². The Kier molecular flexibility index (Phi) is 4.90. The fourth-order valence-corrected chi connectivity index (χ4v) is 0.942. The molecule has 0 aliphatic heterocycles. The van der Waals surface area contributed by atoms with Crippen LogP contribution < -0.4 is 0 Å². The van der Waals surface area contributed by atoms with E-state index in [0.29, 0.717) is 17.9 Å². The molecule has 0 saturated carbocycles. The number of amides is 1. The number of hydrogen-bond donors (Lipinski definition) is 0. The zero-order valence-corrected chi connectivity index (χ0v) is 8.56. The van der Waals surface area contributed by atoms with Gasteiger partial charge in [0.05, 0.1) is 0 Å². The summed E-state index contributed by atoms with van der Waals surface area (Å²) in [5, 5.41) is 0. The van der Waals surface area contributed by atoms with Crippen molar-refractivity contribution in [2.24, 2.45) is 0 Å². The summed E-state index contributed by atoms with van der Waals surface area (Å²) in [6.45, 7) is 0.784. The van der Waals surface area contributed by atoms with Crippen LogP contribution in [0.25, 0.3) is 0 Å². The summed E-state index contributed by atoms with van der Waals surface area (Å²) in [5.74, 6) is -1.78. The highest BCUT2D eigenvalue weighted by molar-refractivity contribution is 5.81. The van der Waals surface area contributed by atoms with Crippen molar-refractivity contribution in [3.05, 3.63) is 0 Å². The number of rotatable bonds is 4. The lowest BCUT2D eigenvalue weighted by Gasteiger charge is -2.19. The van der Waals surface area contributed by atoms with Crippen LogP contribution in [0.1, 0.15) is 6.42 Å². The Morgan fingerprint density at radius 2 is 1.64 bits per heavy atom. The van der Waals surface area contributed by atoms with Crippen molar-refractivity contribution in [3.63, 3.8) is 0 Å². The molecule has 0 atom stereocenters. The number of alkyl halides is 3. The summed E-state index contributed by atoms with van der Waals surface area (Å²) in [6, 6.07) is 0. The summed E-state index contributed by atoms with van der Waals surface area (Å²) in [6.07, 6.45) is -4.22. The molecule has 6 heteroatoms. The number of hydrogen-bond acceptors (Lipinski definition) is 2. The monoisotopic (exact) mass is 212 g/mol. The van der Waals surface area contributed by atoms with Crippen LogP contribution in [0.5, 0.6) is 0 Å². The van der Waals surface area contributed by atoms with E-state index in [9.17, 15) is 18.0 Å². The van der Waals surface area contributed by atoms with Crippen LogP contribution in [0, 0.1) is 0 Å². The van der Waals surface area contributed by atoms with Gasteiger partial charge in [-0.15, -0.1) is 0 Å². The second kappa shape index (κ2) is 5.19. The van der Waals surface area contributed by atoms with E-state index in [2.05, 4.69) is 0 Å². The summed E-state index contributed by atoms with van der Waals surface area (Å²) in [5.41, 5.74) is 0. The molecular weight excluding hydrogens is 197 g/mol. The summed E-state index contributed by atoms with van der Waals surface area (Å²) in [4.78, 5) is 13.2. The lowest BCUT2D eigenvalue weighted by molar-refractivity contribution is -0.184. The number of carbonyl (C=O) groups excluding carboxylic acids is 1. The first-order valence-electron chi connectivity index (χ1n) is 4.22. The van der Waals surface area contributed by atoms with Crippen LogP contribution in [-0.4, -0.2) is 56.1 Å². The highest BCUT2D eigenvalue weighted by Gasteiger charge is 2.40. The topological polar surface area (TPSA) is 23.6 Å². The van der Waals surface area contributed by atoms with Crippen LogP contribution >= 0.6 is 0 Å². The molecule has 3 nitrogen and oxygen atoms in total. The van der Waals surface area contributed by atoms with Gasteiger partial charge in [-0.3, -0.25) is 4.79 Å². The second-order valence-corrected chi connectivity index (χ2v) is 3.38. The Balaban J connectivity index is 3.86. The van der Waals surface area contributed by atoms with Crippen LogP contribution in [0.3, 0.4) is 0 Å². The molecule has 84 valence electrons. The minimum Gasteiger partial charge on any atom is -0.338 e. The fraction of sp³-hybridized carbons (Fsp3) is 0.875. The minimum atomic E-state index is -4.76. The largest absolute Gasteiger partial charge is 0.471 e. The molecule has 0 saturated heterocycles. The van der Waals surface area contributed by atoms with E-state index in [1.54, 1.807) is 0 Å². The third-order valence-corrected chi connectivity index (χ3v) is 1.69. The Hall–Kier alpha value is -0.780. The standard InChI is InChI=1S/C8H15F3N2O/c1-12(2)5-4-6-13(3)7(14)8(9,10)11/h4-6H2,1-3H3. The molecule has 0 unspecified atom stereocenters. The van der Waals surface area contributed by atoms with Gasteiger partial charge in [0.2, 0.25) is 0 Å². The first-order chi connectivity index (χ1) is 6.25. The van der Waals surface area contributed by atoms with Crippen LogP contribution in [0.15, 0.2) is 0 Å². The first-order valence-corrected chi connectivity index (χ1v) is 4.22. The maximum Gasteiger partial charge on any atom is 0.471 e. The van der Waals surface area contributed by atoms with E-state index < -0.39 is 12.1 Å². The van der Waals surface area contributed by atoms with Crippen molar-refractivity contribution in [1.82, 2.24) is 9.80 Å². The van der Waals surface area contributed by atoms with E-state index in [4.69, 9.17) is 0 Å². The average molecular weight is 212 g/mol. The predicted molar refractivity (Wildman–Crippen MR) is 46.9 cm³/mol. The first kappa shape index (κ1) is 13.2. The molecule has 0 fully saturated rings. The van der Waals surface area contributed by atoms with E-state index in [0.717, 1.165) is 7.05 Å². The molecular formula is C8H15F3N2O. The Morgan fingerprint density at radius 3 is 2.00 bits per heavy atom. The molecule has 0 aliphatic carbocycles. The molecule has 1 amide bonds. The van der Waals surface area contributed by atoms with Crippen molar-refractivity contribution in [1.29, 1.82) is 0 Å². The highest BCUT2D eigenvalue weighted by atomic mass is 19.4. The van der Waals surface area contributed by atoms with Gasteiger partial charge in [-0.25, -0.2) is 0 Å². The molecule has 0 bridgehead atoms. The quantitative estimate of drug-likeness (QED) is 0.693. The van der Waals surface area contributed by atoms with Gasteiger partial charge in [-0.2, -0.15) is 13.2 Å². The molecule has 14 heavy (non-hydrogen) atoms. The van der Waals surface area contributed by atoms with Crippen LogP contribution in [0.2, 0.25) is 0 Å². The lowest BCUT2D eigenvalue weighted by Crippen LogP contribution is -2.39. The zero-order chi connectivity index (χ0) is 11.4. The third kappa shape index (κ3) is 5.06. The molecule has 0 aromatic heterocycles. The SMILES string of the molecule is CN(C)CCCN(C)C(=O)C(F)(F)F. The van der Waals surface area contributed by atoms with E-state index in [1.165, 1.54) is 0 Å². The van der Waals surface area contributed by atoms with Gasteiger partial charge in [-0.05, 0) is 27.1 Å². The molecule has 0 rings (SSSR count). The second-order valence-electron chi connectivity index (χ2n) is 3.38. The van der Waals surface area contributed by atoms with Crippen molar-refractivity contribution in [2.45, 2.75) is 12.6 Å². The molecule has 0 spiro atoms. The van der Waals surface area contributed by atoms with Crippen molar-refractivity contribution in [3.8, 4) is 0 Å². The molecule has 0 heterocycles. The number of nitrogens with zero attached hydrogens (tertiary/aromatic N) is 2. The molecule has 0 aromatic carbocycles. The average Bonchev–Trinajstić information content (AvgIpc) is 2.00. The van der Waals surface area contributed by atoms with Gasteiger partial charge < -0.3 is 9.80 Å². The molecule has 0 N–H and O–H groups in total. The third-order valence-electron chi connectivity index (χ3n) is 1.69. The summed E-state index contributed by atoms with van der Waals surface area (Å²) >= 11 is 0. The number of halogens is 3. The van der Waals surface area contributed by atoms with Gasteiger partial charge in [0.25, 0.3) is 0 Å². The fourth-order valence-electron chi connectivity index (χ4n) is 0.942. The molecule has 0 aliphatic rings.